The first-order valence-corrected chi connectivity index (χ1v) is 6.35. The highest BCUT2D eigenvalue weighted by Crippen LogP contribution is 2.27. The SMILES string of the molecule is NC(c1ccc2ccccc2c1)c1c(F)cccc1F. The molecule has 0 aliphatic rings. The zero-order chi connectivity index (χ0) is 14.1. The summed E-state index contributed by atoms with van der Waals surface area (Å²) in [6.07, 6.45) is 0. The molecule has 0 bridgehead atoms. The summed E-state index contributed by atoms with van der Waals surface area (Å²) in [5.74, 6) is -1.24. The largest absolute Gasteiger partial charge is 0.320 e. The standard InChI is InChI=1S/C17H13F2N/c18-14-6-3-7-15(19)16(14)17(20)13-9-8-11-4-1-2-5-12(11)10-13/h1-10,17H,20H2. The second-order valence-electron chi connectivity index (χ2n) is 4.72. The lowest BCUT2D eigenvalue weighted by molar-refractivity contribution is 0.543. The minimum Gasteiger partial charge on any atom is -0.320 e. The van der Waals surface area contributed by atoms with Crippen LogP contribution in [-0.4, -0.2) is 0 Å². The monoisotopic (exact) mass is 269 g/mol. The third-order valence-corrected chi connectivity index (χ3v) is 3.44. The molecule has 0 saturated carbocycles. The minimum atomic E-state index is -0.819. The van der Waals surface area contributed by atoms with Gasteiger partial charge in [0.05, 0.1) is 6.04 Å². The Morgan fingerprint density at radius 2 is 1.40 bits per heavy atom. The number of benzene rings is 3. The van der Waals surface area contributed by atoms with Crippen LogP contribution < -0.4 is 5.73 Å². The van der Waals surface area contributed by atoms with E-state index in [1.54, 1.807) is 6.07 Å². The summed E-state index contributed by atoms with van der Waals surface area (Å²) >= 11 is 0. The molecule has 3 rings (SSSR count). The second kappa shape index (κ2) is 5.02. The van der Waals surface area contributed by atoms with Gasteiger partial charge in [-0.15, -0.1) is 0 Å². The van der Waals surface area contributed by atoms with Crippen LogP contribution in [0.2, 0.25) is 0 Å². The van der Waals surface area contributed by atoms with Gasteiger partial charge in [-0.2, -0.15) is 0 Å². The van der Waals surface area contributed by atoms with Gasteiger partial charge in [0.1, 0.15) is 11.6 Å². The van der Waals surface area contributed by atoms with Gasteiger partial charge in [-0.25, -0.2) is 8.78 Å². The van der Waals surface area contributed by atoms with Gasteiger partial charge in [-0.05, 0) is 34.5 Å². The van der Waals surface area contributed by atoms with Gasteiger partial charge in [0.2, 0.25) is 0 Å². The van der Waals surface area contributed by atoms with E-state index in [-0.39, 0.29) is 5.56 Å². The summed E-state index contributed by atoms with van der Waals surface area (Å²) in [5, 5.41) is 2.06. The van der Waals surface area contributed by atoms with Gasteiger partial charge >= 0.3 is 0 Å². The molecule has 0 heterocycles. The van der Waals surface area contributed by atoms with Crippen molar-refractivity contribution in [2.75, 3.05) is 0 Å². The van der Waals surface area contributed by atoms with Crippen molar-refractivity contribution in [1.82, 2.24) is 0 Å². The first kappa shape index (κ1) is 12.8. The number of halogens is 2. The molecule has 3 aromatic rings. The molecule has 100 valence electrons. The van der Waals surface area contributed by atoms with E-state index >= 15 is 0 Å². The molecule has 0 spiro atoms. The molecule has 0 fully saturated rings. The summed E-state index contributed by atoms with van der Waals surface area (Å²) in [6.45, 7) is 0. The van der Waals surface area contributed by atoms with Crippen LogP contribution in [0.25, 0.3) is 10.8 Å². The highest BCUT2D eigenvalue weighted by molar-refractivity contribution is 5.83. The Labute approximate surface area is 115 Å². The summed E-state index contributed by atoms with van der Waals surface area (Å²) < 4.78 is 27.6. The quantitative estimate of drug-likeness (QED) is 0.742. The minimum absolute atomic E-state index is 0.0946. The molecule has 3 heteroatoms. The van der Waals surface area contributed by atoms with E-state index in [1.807, 2.05) is 36.4 Å². The predicted octanol–water partition coefficient (Wildman–Crippen LogP) is 4.17. The molecule has 1 unspecified atom stereocenters. The van der Waals surface area contributed by atoms with Gasteiger partial charge in [0.15, 0.2) is 0 Å². The fourth-order valence-electron chi connectivity index (χ4n) is 2.38. The van der Waals surface area contributed by atoms with Crippen molar-refractivity contribution in [3.05, 3.63) is 83.4 Å². The summed E-state index contributed by atoms with van der Waals surface area (Å²) in [6, 6.07) is 16.3. The highest BCUT2D eigenvalue weighted by atomic mass is 19.1. The van der Waals surface area contributed by atoms with Crippen LogP contribution in [-0.2, 0) is 0 Å². The van der Waals surface area contributed by atoms with Crippen molar-refractivity contribution in [2.24, 2.45) is 5.73 Å². The first-order chi connectivity index (χ1) is 9.66. The molecule has 2 N–H and O–H groups in total. The van der Waals surface area contributed by atoms with Crippen molar-refractivity contribution in [1.29, 1.82) is 0 Å². The number of fused-ring (bicyclic) bond motifs is 1. The molecule has 3 aromatic carbocycles. The molecule has 0 radical (unpaired) electrons. The number of nitrogens with two attached hydrogens (primary N) is 1. The maximum Gasteiger partial charge on any atom is 0.131 e. The van der Waals surface area contributed by atoms with Gasteiger partial charge in [-0.3, -0.25) is 0 Å². The van der Waals surface area contributed by atoms with Gasteiger partial charge in [-0.1, -0.05) is 42.5 Å². The van der Waals surface area contributed by atoms with Crippen LogP contribution >= 0.6 is 0 Å². The van der Waals surface area contributed by atoms with Gasteiger partial charge in [0.25, 0.3) is 0 Å². The molecule has 0 saturated heterocycles. The third-order valence-electron chi connectivity index (χ3n) is 3.44. The lowest BCUT2D eigenvalue weighted by Crippen LogP contribution is -2.15. The van der Waals surface area contributed by atoms with E-state index in [0.717, 1.165) is 10.8 Å². The lowest BCUT2D eigenvalue weighted by Gasteiger charge is -2.15. The Morgan fingerprint density at radius 3 is 2.10 bits per heavy atom. The van der Waals surface area contributed by atoms with Gasteiger partial charge in [0, 0.05) is 5.56 Å². The number of rotatable bonds is 2. The smallest absolute Gasteiger partial charge is 0.131 e. The van der Waals surface area contributed by atoms with Crippen molar-refractivity contribution < 1.29 is 8.78 Å². The van der Waals surface area contributed by atoms with Crippen LogP contribution in [0.3, 0.4) is 0 Å². The average molecular weight is 269 g/mol. The fraction of sp³-hybridized carbons (Fsp3) is 0.0588. The topological polar surface area (TPSA) is 26.0 Å². The zero-order valence-electron chi connectivity index (χ0n) is 10.7. The highest BCUT2D eigenvalue weighted by Gasteiger charge is 2.18. The molecule has 20 heavy (non-hydrogen) atoms. The summed E-state index contributed by atoms with van der Waals surface area (Å²) in [7, 11) is 0. The molecular weight excluding hydrogens is 256 g/mol. The predicted molar refractivity (Wildman–Crippen MR) is 76.3 cm³/mol. The van der Waals surface area contributed by atoms with E-state index in [0.29, 0.717) is 5.56 Å². The molecule has 1 nitrogen and oxygen atoms in total. The molecule has 1 atom stereocenters. The Morgan fingerprint density at radius 1 is 0.750 bits per heavy atom. The van der Waals surface area contributed by atoms with E-state index in [4.69, 9.17) is 5.73 Å². The Kier molecular flexibility index (Phi) is 3.20. The van der Waals surface area contributed by atoms with Crippen LogP contribution in [0.4, 0.5) is 8.78 Å². The maximum absolute atomic E-state index is 13.8. The number of hydrogen-bond acceptors (Lipinski definition) is 1. The van der Waals surface area contributed by atoms with Crippen LogP contribution in [0.15, 0.2) is 60.7 Å². The van der Waals surface area contributed by atoms with E-state index < -0.39 is 17.7 Å². The van der Waals surface area contributed by atoms with Crippen LogP contribution in [0, 0.1) is 11.6 Å². The van der Waals surface area contributed by atoms with Crippen molar-refractivity contribution in [2.45, 2.75) is 6.04 Å². The van der Waals surface area contributed by atoms with Crippen molar-refractivity contribution >= 4 is 10.8 Å². The van der Waals surface area contributed by atoms with E-state index in [1.165, 1.54) is 18.2 Å². The molecule has 0 aliphatic heterocycles. The van der Waals surface area contributed by atoms with Crippen LogP contribution in [0.1, 0.15) is 17.2 Å². The van der Waals surface area contributed by atoms with Crippen molar-refractivity contribution in [3.8, 4) is 0 Å². The summed E-state index contributed by atoms with van der Waals surface area (Å²) in [4.78, 5) is 0. The first-order valence-electron chi connectivity index (χ1n) is 6.35. The van der Waals surface area contributed by atoms with E-state index in [2.05, 4.69) is 0 Å². The normalized spacial score (nSPS) is 12.6. The van der Waals surface area contributed by atoms with Crippen LogP contribution in [0.5, 0.6) is 0 Å². The maximum atomic E-state index is 13.8. The molecular formula is C17H13F2N. The average Bonchev–Trinajstić information content (AvgIpc) is 2.46. The fourth-order valence-corrected chi connectivity index (χ4v) is 2.38. The summed E-state index contributed by atoms with van der Waals surface area (Å²) in [5.41, 5.74) is 6.62. The Bertz CT molecular complexity index is 748. The lowest BCUT2D eigenvalue weighted by atomic mass is 9.96. The number of hydrogen-bond donors (Lipinski definition) is 1. The molecule has 0 aromatic heterocycles. The Hall–Kier alpha value is -2.26. The van der Waals surface area contributed by atoms with E-state index in [9.17, 15) is 8.78 Å². The van der Waals surface area contributed by atoms with Crippen molar-refractivity contribution in [3.63, 3.8) is 0 Å². The molecule has 0 aliphatic carbocycles. The second-order valence-corrected chi connectivity index (χ2v) is 4.72. The van der Waals surface area contributed by atoms with Gasteiger partial charge < -0.3 is 5.73 Å². The third kappa shape index (κ3) is 2.17. The zero-order valence-corrected chi connectivity index (χ0v) is 10.7. The Balaban J connectivity index is 2.10. The molecule has 0 amide bonds.